The molecule has 3 aromatic carbocycles. The molecule has 30 heavy (non-hydrogen) atoms. The Labute approximate surface area is 179 Å². The molecule has 4 aromatic rings. The molecule has 5 rings (SSSR count). The van der Waals surface area contributed by atoms with Gasteiger partial charge in [0.15, 0.2) is 4.90 Å². The highest BCUT2D eigenvalue weighted by molar-refractivity contribution is 7.89. The minimum absolute atomic E-state index is 0.382. The quantitative estimate of drug-likeness (QED) is 0.450. The van der Waals surface area contributed by atoms with Gasteiger partial charge in [-0.05, 0) is 61.4 Å². The van der Waals surface area contributed by atoms with Crippen molar-refractivity contribution in [2.24, 2.45) is 0 Å². The maximum atomic E-state index is 13.0. The summed E-state index contributed by atoms with van der Waals surface area (Å²) in [5.41, 5.74) is 2.09. The molecule has 1 fully saturated rings. The van der Waals surface area contributed by atoms with Gasteiger partial charge >= 0.3 is 0 Å². The number of nitrogens with zero attached hydrogens (tertiary/aromatic N) is 2. The minimum Gasteiger partial charge on any atom is -0.593 e. The first kappa shape index (κ1) is 19.2. The largest absolute Gasteiger partial charge is 0.593 e. The molecular formula is C24H23N3O2S. The average molecular weight is 418 g/mol. The molecule has 0 aliphatic carbocycles. The van der Waals surface area contributed by atoms with E-state index in [1.54, 1.807) is 0 Å². The van der Waals surface area contributed by atoms with Gasteiger partial charge in [-0.2, -0.15) is 0 Å². The second-order valence-electron chi connectivity index (χ2n) is 7.48. The molecule has 0 saturated carbocycles. The number of piperidine rings is 1. The first-order chi connectivity index (χ1) is 14.8. The van der Waals surface area contributed by atoms with Crippen molar-refractivity contribution in [1.82, 2.24) is 14.3 Å². The Bertz CT molecular complexity index is 1070. The lowest BCUT2D eigenvalue weighted by molar-refractivity contribution is 0.314. The summed E-state index contributed by atoms with van der Waals surface area (Å²) >= 11 is -1.16. The van der Waals surface area contributed by atoms with E-state index in [9.17, 15) is 4.55 Å². The minimum atomic E-state index is -1.16. The molecule has 6 heteroatoms. The van der Waals surface area contributed by atoms with Crippen LogP contribution in [-0.2, 0) is 11.4 Å². The van der Waals surface area contributed by atoms with Gasteiger partial charge < -0.3 is 14.3 Å². The van der Waals surface area contributed by atoms with Crippen LogP contribution in [0.15, 0.2) is 83.8 Å². The second kappa shape index (κ2) is 8.52. The van der Waals surface area contributed by atoms with Crippen LogP contribution in [0.4, 0.5) is 0 Å². The van der Waals surface area contributed by atoms with Crippen LogP contribution in [0.25, 0.3) is 11.0 Å². The lowest BCUT2D eigenvalue weighted by Crippen LogP contribution is -2.38. The van der Waals surface area contributed by atoms with Gasteiger partial charge in [-0.3, -0.25) is 0 Å². The SMILES string of the molecule is [O-][S+](c1ccc(Oc2ccccc2)cc1)N1CCC(c2nc3ccccc3[nH]2)CC1. The fourth-order valence-corrected chi connectivity index (χ4v) is 5.07. The van der Waals surface area contributed by atoms with Crippen LogP contribution in [-0.4, -0.2) is 31.9 Å². The first-order valence-electron chi connectivity index (χ1n) is 10.2. The number of ether oxygens (including phenoxy) is 1. The first-order valence-corrected chi connectivity index (χ1v) is 11.3. The topological polar surface area (TPSA) is 64.2 Å². The van der Waals surface area contributed by atoms with E-state index in [0.29, 0.717) is 5.92 Å². The van der Waals surface area contributed by atoms with Gasteiger partial charge in [-0.1, -0.05) is 30.3 Å². The van der Waals surface area contributed by atoms with Crippen molar-refractivity contribution in [3.63, 3.8) is 0 Å². The molecule has 0 amide bonds. The Morgan fingerprint density at radius 2 is 1.53 bits per heavy atom. The summed E-state index contributed by atoms with van der Waals surface area (Å²) in [7, 11) is 0. The van der Waals surface area contributed by atoms with Crippen molar-refractivity contribution in [2.75, 3.05) is 13.1 Å². The molecule has 1 saturated heterocycles. The van der Waals surface area contributed by atoms with Crippen LogP contribution in [0, 0.1) is 0 Å². The smallest absolute Gasteiger partial charge is 0.174 e. The maximum absolute atomic E-state index is 13.0. The number of aromatic amines is 1. The summed E-state index contributed by atoms with van der Waals surface area (Å²) in [6.07, 6.45) is 1.89. The highest BCUT2D eigenvalue weighted by Gasteiger charge is 2.30. The van der Waals surface area contributed by atoms with E-state index >= 15 is 0 Å². The number of para-hydroxylation sites is 3. The third-order valence-electron chi connectivity index (χ3n) is 5.49. The van der Waals surface area contributed by atoms with Gasteiger partial charge in [0.05, 0.1) is 22.4 Å². The van der Waals surface area contributed by atoms with Crippen molar-refractivity contribution < 1.29 is 9.29 Å². The van der Waals surface area contributed by atoms with E-state index in [1.807, 2.05) is 77.1 Å². The lowest BCUT2D eigenvalue weighted by atomic mass is 9.97. The normalized spacial score (nSPS) is 16.6. The van der Waals surface area contributed by atoms with Crippen molar-refractivity contribution in [1.29, 1.82) is 0 Å². The summed E-state index contributed by atoms with van der Waals surface area (Å²) in [4.78, 5) is 9.00. The van der Waals surface area contributed by atoms with E-state index in [4.69, 9.17) is 9.72 Å². The van der Waals surface area contributed by atoms with Crippen LogP contribution in [0.1, 0.15) is 24.6 Å². The van der Waals surface area contributed by atoms with E-state index in [2.05, 4.69) is 11.1 Å². The zero-order valence-corrected chi connectivity index (χ0v) is 17.3. The number of rotatable bonds is 5. The fraction of sp³-hybridized carbons (Fsp3) is 0.208. The molecule has 1 aliphatic heterocycles. The van der Waals surface area contributed by atoms with Crippen molar-refractivity contribution >= 4 is 22.4 Å². The number of nitrogens with one attached hydrogen (secondary N) is 1. The number of aromatic nitrogens is 2. The molecule has 0 radical (unpaired) electrons. The monoisotopic (exact) mass is 417 g/mol. The van der Waals surface area contributed by atoms with Gasteiger partial charge in [0.2, 0.25) is 0 Å². The standard InChI is InChI=1S/C24H23N3O2S/c28-30(21-12-10-20(11-13-21)29-19-6-2-1-3-7-19)27-16-14-18(15-17-27)24-25-22-8-4-5-9-23(22)26-24/h1-13,18H,14-17H2,(H,25,26). The highest BCUT2D eigenvalue weighted by Crippen LogP contribution is 2.31. The summed E-state index contributed by atoms with van der Waals surface area (Å²) < 4.78 is 20.9. The van der Waals surface area contributed by atoms with Gasteiger partial charge in [0.1, 0.15) is 17.3 Å². The third-order valence-corrected chi connectivity index (χ3v) is 7.00. The second-order valence-corrected chi connectivity index (χ2v) is 8.96. The number of hydrogen-bond acceptors (Lipinski definition) is 4. The van der Waals surface area contributed by atoms with Gasteiger partial charge in [0.25, 0.3) is 0 Å². The molecule has 5 nitrogen and oxygen atoms in total. The molecule has 1 atom stereocenters. The predicted octanol–water partition coefficient (Wildman–Crippen LogP) is 5.26. The Hall–Kier alpha value is -2.80. The van der Waals surface area contributed by atoms with E-state index < -0.39 is 11.4 Å². The molecular weight excluding hydrogens is 394 g/mol. The van der Waals surface area contributed by atoms with Gasteiger partial charge in [0, 0.05) is 19.0 Å². The number of H-pyrrole nitrogens is 1. The molecule has 0 spiro atoms. The van der Waals surface area contributed by atoms with Crippen LogP contribution in [0.5, 0.6) is 11.5 Å². The summed E-state index contributed by atoms with van der Waals surface area (Å²) in [5.74, 6) is 2.96. The Balaban J connectivity index is 1.20. The molecule has 1 aromatic heterocycles. The molecule has 0 bridgehead atoms. The lowest BCUT2D eigenvalue weighted by Gasteiger charge is -2.30. The van der Waals surface area contributed by atoms with Crippen LogP contribution < -0.4 is 4.74 Å². The van der Waals surface area contributed by atoms with E-state index in [0.717, 1.165) is 59.2 Å². The number of benzene rings is 3. The molecule has 1 unspecified atom stereocenters. The van der Waals surface area contributed by atoms with Crippen molar-refractivity contribution in [3.8, 4) is 11.5 Å². The highest BCUT2D eigenvalue weighted by atomic mass is 32.2. The molecule has 1 N–H and O–H groups in total. The Morgan fingerprint density at radius 3 is 2.27 bits per heavy atom. The van der Waals surface area contributed by atoms with Crippen molar-refractivity contribution in [2.45, 2.75) is 23.7 Å². The van der Waals surface area contributed by atoms with Crippen molar-refractivity contribution in [3.05, 3.63) is 84.7 Å². The summed E-state index contributed by atoms with van der Waals surface area (Å²) in [6, 6.07) is 25.3. The van der Waals surface area contributed by atoms with Crippen LogP contribution in [0.3, 0.4) is 0 Å². The maximum Gasteiger partial charge on any atom is 0.174 e. The van der Waals surface area contributed by atoms with Crippen LogP contribution in [0.2, 0.25) is 0 Å². The third kappa shape index (κ3) is 4.07. The number of imidazole rings is 1. The molecule has 1 aliphatic rings. The van der Waals surface area contributed by atoms with Gasteiger partial charge in [-0.25, -0.2) is 4.98 Å². The summed E-state index contributed by atoms with van der Waals surface area (Å²) in [6.45, 7) is 1.58. The summed E-state index contributed by atoms with van der Waals surface area (Å²) in [5, 5.41) is 0. The fourth-order valence-electron chi connectivity index (χ4n) is 3.86. The zero-order chi connectivity index (χ0) is 20.3. The Morgan fingerprint density at radius 1 is 0.867 bits per heavy atom. The average Bonchev–Trinajstić information content (AvgIpc) is 3.24. The van der Waals surface area contributed by atoms with Crippen LogP contribution >= 0.6 is 0 Å². The van der Waals surface area contributed by atoms with Gasteiger partial charge in [-0.15, -0.1) is 4.31 Å². The number of fused-ring (bicyclic) bond motifs is 1. The number of hydrogen-bond donors (Lipinski definition) is 1. The Kier molecular flexibility index (Phi) is 5.45. The molecule has 152 valence electrons. The predicted molar refractivity (Wildman–Crippen MR) is 119 cm³/mol. The van der Waals surface area contributed by atoms with E-state index in [1.165, 1.54) is 0 Å². The molecule has 2 heterocycles. The van der Waals surface area contributed by atoms with E-state index in [-0.39, 0.29) is 0 Å². The zero-order valence-electron chi connectivity index (χ0n) is 16.5.